The SMILES string of the molecule is CCCc1c(C(=O)O)oc2c(Cl)cc(C)cc12. The first-order valence-electron chi connectivity index (χ1n) is 5.49. The number of benzene rings is 1. The molecule has 0 unspecified atom stereocenters. The number of aromatic carboxylic acids is 1. The molecular formula is C13H13ClO3. The molecule has 0 saturated carbocycles. The molecule has 2 aromatic rings. The lowest BCUT2D eigenvalue weighted by molar-refractivity contribution is 0.0663. The van der Waals surface area contributed by atoms with Crippen LogP contribution in [0.5, 0.6) is 0 Å². The lowest BCUT2D eigenvalue weighted by atomic mass is 10.0. The zero-order chi connectivity index (χ0) is 12.6. The zero-order valence-corrected chi connectivity index (χ0v) is 10.5. The highest BCUT2D eigenvalue weighted by Gasteiger charge is 2.20. The molecule has 4 heteroatoms. The van der Waals surface area contributed by atoms with E-state index in [-0.39, 0.29) is 5.76 Å². The van der Waals surface area contributed by atoms with Crippen molar-refractivity contribution < 1.29 is 14.3 Å². The average Bonchev–Trinajstić information content (AvgIpc) is 2.58. The Kier molecular flexibility index (Phi) is 3.11. The minimum atomic E-state index is -1.04. The van der Waals surface area contributed by atoms with Crippen molar-refractivity contribution in [1.29, 1.82) is 0 Å². The lowest BCUT2D eigenvalue weighted by Crippen LogP contribution is -1.98. The number of carboxylic acid groups (broad SMARTS) is 1. The lowest BCUT2D eigenvalue weighted by Gasteiger charge is -1.98. The fourth-order valence-electron chi connectivity index (χ4n) is 2.01. The van der Waals surface area contributed by atoms with Crippen LogP contribution >= 0.6 is 11.6 Å². The van der Waals surface area contributed by atoms with Crippen LogP contribution in [0.1, 0.15) is 35.0 Å². The molecule has 0 fully saturated rings. The minimum absolute atomic E-state index is 0.00866. The number of aryl methyl sites for hydroxylation is 2. The molecule has 0 aliphatic carbocycles. The van der Waals surface area contributed by atoms with Crippen LogP contribution in [0, 0.1) is 6.92 Å². The number of carboxylic acids is 1. The second kappa shape index (κ2) is 4.41. The summed E-state index contributed by atoms with van der Waals surface area (Å²) in [6, 6.07) is 3.69. The molecule has 1 aromatic carbocycles. The second-order valence-electron chi connectivity index (χ2n) is 4.09. The number of fused-ring (bicyclic) bond motifs is 1. The number of halogens is 1. The van der Waals surface area contributed by atoms with Crippen LogP contribution in [-0.4, -0.2) is 11.1 Å². The van der Waals surface area contributed by atoms with Gasteiger partial charge in [-0.25, -0.2) is 4.79 Å². The first kappa shape index (κ1) is 12.0. The Hall–Kier alpha value is -1.48. The molecule has 0 saturated heterocycles. The van der Waals surface area contributed by atoms with Crippen LogP contribution in [-0.2, 0) is 6.42 Å². The van der Waals surface area contributed by atoms with Crippen LogP contribution in [0.15, 0.2) is 16.5 Å². The average molecular weight is 253 g/mol. The van der Waals surface area contributed by atoms with Crippen molar-refractivity contribution in [2.75, 3.05) is 0 Å². The summed E-state index contributed by atoms with van der Waals surface area (Å²) in [5, 5.41) is 10.4. The molecule has 0 amide bonds. The maximum atomic E-state index is 11.1. The zero-order valence-electron chi connectivity index (χ0n) is 9.71. The molecule has 0 aliphatic rings. The van der Waals surface area contributed by atoms with Crippen molar-refractivity contribution in [3.63, 3.8) is 0 Å². The van der Waals surface area contributed by atoms with E-state index < -0.39 is 5.97 Å². The maximum Gasteiger partial charge on any atom is 0.372 e. The fraction of sp³-hybridized carbons (Fsp3) is 0.308. The highest BCUT2D eigenvalue weighted by Crippen LogP contribution is 2.33. The van der Waals surface area contributed by atoms with Gasteiger partial charge in [0.05, 0.1) is 5.02 Å². The Bertz CT molecular complexity index is 584. The molecule has 1 N–H and O–H groups in total. The standard InChI is InChI=1S/C13H13ClO3/c1-3-4-8-9-5-7(2)6-10(14)11(9)17-12(8)13(15)16/h5-6H,3-4H2,1-2H3,(H,15,16). The number of hydrogen-bond acceptors (Lipinski definition) is 2. The van der Waals surface area contributed by atoms with Gasteiger partial charge in [-0.1, -0.05) is 24.9 Å². The number of furan rings is 1. The molecule has 2 rings (SSSR count). The summed E-state index contributed by atoms with van der Waals surface area (Å²) in [4.78, 5) is 11.1. The monoisotopic (exact) mass is 252 g/mol. The Labute approximate surface area is 104 Å². The van der Waals surface area contributed by atoms with Crippen molar-refractivity contribution >= 4 is 28.5 Å². The van der Waals surface area contributed by atoms with Crippen molar-refractivity contribution in [1.82, 2.24) is 0 Å². The van der Waals surface area contributed by atoms with Gasteiger partial charge in [0.1, 0.15) is 0 Å². The smallest absolute Gasteiger partial charge is 0.372 e. The second-order valence-corrected chi connectivity index (χ2v) is 4.50. The maximum absolute atomic E-state index is 11.1. The van der Waals surface area contributed by atoms with E-state index in [1.807, 2.05) is 19.9 Å². The molecule has 0 bridgehead atoms. The molecule has 0 spiro atoms. The van der Waals surface area contributed by atoms with Crippen LogP contribution in [0.4, 0.5) is 0 Å². The van der Waals surface area contributed by atoms with Crippen molar-refractivity contribution in [3.05, 3.63) is 34.0 Å². The molecule has 0 radical (unpaired) electrons. The van der Waals surface area contributed by atoms with Crippen LogP contribution in [0.2, 0.25) is 5.02 Å². The van der Waals surface area contributed by atoms with Crippen LogP contribution in [0.25, 0.3) is 11.0 Å². The summed E-state index contributed by atoms with van der Waals surface area (Å²) in [7, 11) is 0. The Morgan fingerprint density at radius 2 is 2.18 bits per heavy atom. The largest absolute Gasteiger partial charge is 0.475 e. The summed E-state index contributed by atoms with van der Waals surface area (Å²) in [5.74, 6) is -1.03. The van der Waals surface area contributed by atoms with Gasteiger partial charge in [0, 0.05) is 10.9 Å². The molecule has 3 nitrogen and oxygen atoms in total. The topological polar surface area (TPSA) is 50.4 Å². The number of rotatable bonds is 3. The van der Waals surface area contributed by atoms with E-state index in [0.717, 1.165) is 22.9 Å². The molecule has 1 heterocycles. The van der Waals surface area contributed by atoms with E-state index in [9.17, 15) is 4.79 Å². The number of carbonyl (C=O) groups is 1. The van der Waals surface area contributed by atoms with E-state index in [4.69, 9.17) is 21.1 Å². The first-order valence-corrected chi connectivity index (χ1v) is 5.87. The molecule has 90 valence electrons. The van der Waals surface area contributed by atoms with Gasteiger partial charge in [-0.3, -0.25) is 0 Å². The van der Waals surface area contributed by atoms with Gasteiger partial charge in [0.25, 0.3) is 0 Å². The van der Waals surface area contributed by atoms with E-state index in [0.29, 0.717) is 17.0 Å². The van der Waals surface area contributed by atoms with Gasteiger partial charge < -0.3 is 9.52 Å². The minimum Gasteiger partial charge on any atom is -0.475 e. The molecule has 17 heavy (non-hydrogen) atoms. The highest BCUT2D eigenvalue weighted by atomic mass is 35.5. The molecule has 0 atom stereocenters. The predicted octanol–water partition coefficient (Wildman–Crippen LogP) is 4.05. The number of hydrogen-bond donors (Lipinski definition) is 1. The third kappa shape index (κ3) is 2.03. The Morgan fingerprint density at radius 1 is 1.47 bits per heavy atom. The van der Waals surface area contributed by atoms with E-state index in [2.05, 4.69) is 0 Å². The summed E-state index contributed by atoms with van der Waals surface area (Å²) in [5.41, 5.74) is 2.20. The van der Waals surface area contributed by atoms with Gasteiger partial charge in [-0.05, 0) is 31.0 Å². The normalized spacial score (nSPS) is 11.0. The summed E-state index contributed by atoms with van der Waals surface area (Å²) < 4.78 is 5.37. The summed E-state index contributed by atoms with van der Waals surface area (Å²) >= 11 is 6.07. The highest BCUT2D eigenvalue weighted by molar-refractivity contribution is 6.35. The third-order valence-electron chi connectivity index (χ3n) is 2.69. The van der Waals surface area contributed by atoms with Gasteiger partial charge >= 0.3 is 5.97 Å². The van der Waals surface area contributed by atoms with Crippen molar-refractivity contribution in [2.45, 2.75) is 26.7 Å². The first-order chi connectivity index (χ1) is 8.04. The van der Waals surface area contributed by atoms with Gasteiger partial charge in [-0.15, -0.1) is 0 Å². The van der Waals surface area contributed by atoms with Crippen molar-refractivity contribution in [2.24, 2.45) is 0 Å². The van der Waals surface area contributed by atoms with Gasteiger partial charge in [0.2, 0.25) is 5.76 Å². The van der Waals surface area contributed by atoms with E-state index >= 15 is 0 Å². The van der Waals surface area contributed by atoms with E-state index in [1.54, 1.807) is 6.07 Å². The molecule has 1 aromatic heterocycles. The van der Waals surface area contributed by atoms with E-state index in [1.165, 1.54) is 0 Å². The fourth-order valence-corrected chi connectivity index (χ4v) is 2.33. The Balaban J connectivity index is 2.79. The van der Waals surface area contributed by atoms with Crippen molar-refractivity contribution in [3.8, 4) is 0 Å². The molecule has 0 aliphatic heterocycles. The quantitative estimate of drug-likeness (QED) is 0.897. The van der Waals surface area contributed by atoms with Crippen LogP contribution < -0.4 is 0 Å². The third-order valence-corrected chi connectivity index (χ3v) is 2.97. The van der Waals surface area contributed by atoms with Crippen LogP contribution in [0.3, 0.4) is 0 Å². The molecular weight excluding hydrogens is 240 g/mol. The summed E-state index contributed by atoms with van der Waals surface area (Å²) in [6.45, 7) is 3.93. The predicted molar refractivity (Wildman–Crippen MR) is 66.9 cm³/mol. The van der Waals surface area contributed by atoms with Gasteiger partial charge in [0.15, 0.2) is 5.58 Å². The summed E-state index contributed by atoms with van der Waals surface area (Å²) in [6.07, 6.45) is 1.54. The Morgan fingerprint density at radius 3 is 2.76 bits per heavy atom. The van der Waals surface area contributed by atoms with Gasteiger partial charge in [-0.2, -0.15) is 0 Å².